The highest BCUT2D eigenvalue weighted by Gasteiger charge is 2.11. The first kappa shape index (κ1) is 22.5. The van der Waals surface area contributed by atoms with Crippen LogP contribution >= 0.6 is 23.2 Å². The lowest BCUT2D eigenvalue weighted by molar-refractivity contribution is -0.128. The van der Waals surface area contributed by atoms with Crippen LogP contribution in [0.5, 0.6) is 23.0 Å². The highest BCUT2D eigenvalue weighted by Crippen LogP contribution is 2.26. The van der Waals surface area contributed by atoms with E-state index in [-0.39, 0.29) is 27.9 Å². The molecule has 0 spiro atoms. The van der Waals surface area contributed by atoms with E-state index in [1.54, 1.807) is 55.7 Å². The van der Waals surface area contributed by atoms with Crippen molar-refractivity contribution in [3.8, 4) is 23.0 Å². The summed E-state index contributed by atoms with van der Waals surface area (Å²) >= 11 is 11.8. The van der Waals surface area contributed by atoms with Gasteiger partial charge in [0, 0.05) is 12.1 Å². The molecule has 0 bridgehead atoms. The fourth-order valence-corrected chi connectivity index (χ4v) is 3.23. The third kappa shape index (κ3) is 5.37. The number of hydrogen-bond donors (Lipinski definition) is 0. The Labute approximate surface area is 198 Å². The summed E-state index contributed by atoms with van der Waals surface area (Å²) in [5, 5.41) is 1.09. The molecule has 33 heavy (non-hydrogen) atoms. The number of methoxy groups -OCH3 is 1. The molecule has 0 N–H and O–H groups in total. The van der Waals surface area contributed by atoms with Crippen LogP contribution < -0.4 is 19.6 Å². The molecule has 8 heteroatoms. The summed E-state index contributed by atoms with van der Waals surface area (Å²) in [5.74, 6) is 0.769. The zero-order chi connectivity index (χ0) is 23.4. The Kier molecular flexibility index (Phi) is 6.68. The van der Waals surface area contributed by atoms with Crippen molar-refractivity contribution in [2.45, 2.75) is 0 Å². The Hall–Kier alpha value is -3.74. The van der Waals surface area contributed by atoms with Gasteiger partial charge in [0.15, 0.2) is 0 Å². The van der Waals surface area contributed by atoms with Crippen LogP contribution in [0.4, 0.5) is 0 Å². The zero-order valence-corrected chi connectivity index (χ0v) is 18.7. The van der Waals surface area contributed by atoms with Gasteiger partial charge >= 0.3 is 5.97 Å². The van der Waals surface area contributed by atoms with Gasteiger partial charge < -0.3 is 18.6 Å². The number of benzene rings is 3. The van der Waals surface area contributed by atoms with E-state index in [0.29, 0.717) is 27.1 Å². The van der Waals surface area contributed by atoms with Gasteiger partial charge in [0.1, 0.15) is 29.1 Å². The SMILES string of the molecule is COc1ccc(Oc2coc3cc(OC(=O)C=Cc4ccc(Cl)c(Cl)c4)ccc3c2=O)cc1. The minimum absolute atomic E-state index is 0.0296. The molecule has 0 saturated heterocycles. The molecule has 0 amide bonds. The Balaban J connectivity index is 1.49. The molecule has 0 saturated carbocycles. The van der Waals surface area contributed by atoms with Gasteiger partial charge in [0.05, 0.1) is 22.5 Å². The van der Waals surface area contributed by atoms with Crippen LogP contribution in [0.1, 0.15) is 5.56 Å². The summed E-state index contributed by atoms with van der Waals surface area (Å²) in [7, 11) is 1.56. The van der Waals surface area contributed by atoms with Crippen LogP contribution in [0, 0.1) is 0 Å². The standard InChI is InChI=1S/C25H16Cl2O6/c1-30-16-4-6-17(7-5-16)32-23-14-31-22-13-18(8-9-19(22)25(23)29)33-24(28)11-3-15-2-10-20(26)21(27)12-15/h2-14H,1H3. The van der Waals surface area contributed by atoms with E-state index in [0.717, 1.165) is 0 Å². The van der Waals surface area contributed by atoms with Crippen molar-refractivity contribution in [1.82, 2.24) is 0 Å². The van der Waals surface area contributed by atoms with Crippen molar-refractivity contribution in [1.29, 1.82) is 0 Å². The maximum absolute atomic E-state index is 12.8. The quantitative estimate of drug-likeness (QED) is 0.177. The van der Waals surface area contributed by atoms with Gasteiger partial charge in [-0.1, -0.05) is 29.3 Å². The lowest BCUT2D eigenvalue weighted by Crippen LogP contribution is -2.06. The number of hydrogen-bond acceptors (Lipinski definition) is 6. The van der Waals surface area contributed by atoms with Crippen LogP contribution in [0.3, 0.4) is 0 Å². The Morgan fingerprint density at radius 2 is 1.64 bits per heavy atom. The molecule has 1 aromatic heterocycles. The molecule has 4 aromatic rings. The molecule has 0 aliphatic heterocycles. The van der Waals surface area contributed by atoms with E-state index in [9.17, 15) is 9.59 Å². The second kappa shape index (κ2) is 9.81. The summed E-state index contributed by atoms with van der Waals surface area (Å²) < 4.78 is 21.6. The molecule has 0 aliphatic carbocycles. The normalized spacial score (nSPS) is 11.0. The smallest absolute Gasteiger partial charge is 0.336 e. The number of rotatable bonds is 6. The topological polar surface area (TPSA) is 75.0 Å². The van der Waals surface area contributed by atoms with Gasteiger partial charge in [-0.05, 0) is 60.2 Å². The Morgan fingerprint density at radius 3 is 2.36 bits per heavy atom. The first-order valence-electron chi connectivity index (χ1n) is 9.65. The number of carbonyl (C=O) groups is 1. The van der Waals surface area contributed by atoms with E-state index in [1.165, 1.54) is 30.5 Å². The monoisotopic (exact) mass is 482 g/mol. The Bertz CT molecular complexity index is 1410. The lowest BCUT2D eigenvalue weighted by Gasteiger charge is -2.07. The summed E-state index contributed by atoms with van der Waals surface area (Å²) in [6.07, 6.45) is 4.02. The minimum Gasteiger partial charge on any atom is -0.497 e. The molecule has 0 aliphatic rings. The maximum Gasteiger partial charge on any atom is 0.336 e. The molecular formula is C25H16Cl2O6. The van der Waals surface area contributed by atoms with Crippen molar-refractivity contribution in [2.24, 2.45) is 0 Å². The van der Waals surface area contributed by atoms with Gasteiger partial charge in [0.2, 0.25) is 11.2 Å². The molecule has 0 unspecified atom stereocenters. The number of esters is 1. The number of carbonyl (C=O) groups excluding carboxylic acids is 1. The molecule has 6 nitrogen and oxygen atoms in total. The molecule has 3 aromatic carbocycles. The van der Waals surface area contributed by atoms with Crippen molar-refractivity contribution >= 4 is 46.2 Å². The van der Waals surface area contributed by atoms with Gasteiger partial charge in [-0.25, -0.2) is 4.79 Å². The van der Waals surface area contributed by atoms with Crippen molar-refractivity contribution in [3.05, 3.63) is 98.8 Å². The van der Waals surface area contributed by atoms with E-state index >= 15 is 0 Å². The summed E-state index contributed by atoms with van der Waals surface area (Å²) in [6, 6.07) is 16.2. The second-order valence-electron chi connectivity index (χ2n) is 6.79. The number of fused-ring (bicyclic) bond motifs is 1. The molecule has 4 rings (SSSR count). The minimum atomic E-state index is -0.609. The summed E-state index contributed by atoms with van der Waals surface area (Å²) in [4.78, 5) is 24.9. The van der Waals surface area contributed by atoms with E-state index in [4.69, 9.17) is 41.8 Å². The average Bonchev–Trinajstić information content (AvgIpc) is 2.82. The van der Waals surface area contributed by atoms with E-state index in [1.807, 2.05) is 0 Å². The lowest BCUT2D eigenvalue weighted by atomic mass is 10.2. The molecular weight excluding hydrogens is 467 g/mol. The van der Waals surface area contributed by atoms with Crippen LogP contribution in [0.2, 0.25) is 10.0 Å². The largest absolute Gasteiger partial charge is 0.497 e. The highest BCUT2D eigenvalue weighted by atomic mass is 35.5. The molecule has 0 radical (unpaired) electrons. The zero-order valence-electron chi connectivity index (χ0n) is 17.2. The third-order valence-electron chi connectivity index (χ3n) is 4.58. The molecule has 0 atom stereocenters. The first-order valence-corrected chi connectivity index (χ1v) is 10.4. The van der Waals surface area contributed by atoms with Gasteiger partial charge in [-0.15, -0.1) is 0 Å². The van der Waals surface area contributed by atoms with Crippen molar-refractivity contribution in [3.63, 3.8) is 0 Å². The van der Waals surface area contributed by atoms with E-state index < -0.39 is 5.97 Å². The third-order valence-corrected chi connectivity index (χ3v) is 5.31. The van der Waals surface area contributed by atoms with Crippen LogP contribution in [0.25, 0.3) is 17.0 Å². The van der Waals surface area contributed by atoms with E-state index in [2.05, 4.69) is 0 Å². The van der Waals surface area contributed by atoms with Crippen LogP contribution in [0.15, 0.2) is 82.2 Å². The molecule has 166 valence electrons. The van der Waals surface area contributed by atoms with Crippen LogP contribution in [-0.4, -0.2) is 13.1 Å². The van der Waals surface area contributed by atoms with Gasteiger partial charge in [-0.2, -0.15) is 0 Å². The maximum atomic E-state index is 12.8. The van der Waals surface area contributed by atoms with Crippen molar-refractivity contribution in [2.75, 3.05) is 7.11 Å². The second-order valence-corrected chi connectivity index (χ2v) is 7.61. The molecule has 0 fully saturated rings. The number of ether oxygens (including phenoxy) is 3. The van der Waals surface area contributed by atoms with Crippen molar-refractivity contribution < 1.29 is 23.4 Å². The fraction of sp³-hybridized carbons (Fsp3) is 0.0400. The summed E-state index contributed by atoms with van der Waals surface area (Å²) in [6.45, 7) is 0. The van der Waals surface area contributed by atoms with Gasteiger partial charge in [-0.3, -0.25) is 4.79 Å². The van der Waals surface area contributed by atoms with Gasteiger partial charge in [0.25, 0.3) is 0 Å². The first-order chi connectivity index (χ1) is 15.9. The Morgan fingerprint density at radius 1 is 0.909 bits per heavy atom. The predicted molar refractivity (Wildman–Crippen MR) is 127 cm³/mol. The van der Waals surface area contributed by atoms with Crippen LogP contribution in [-0.2, 0) is 4.79 Å². The average molecular weight is 483 g/mol. The number of halogens is 2. The fourth-order valence-electron chi connectivity index (χ4n) is 2.93. The highest BCUT2D eigenvalue weighted by molar-refractivity contribution is 6.42. The predicted octanol–water partition coefficient (Wildman–Crippen LogP) is 6.52. The molecule has 1 heterocycles. The summed E-state index contributed by atoms with van der Waals surface area (Å²) in [5.41, 5.74) is 0.584.